The molecule has 24 heavy (non-hydrogen) atoms. The first-order valence-electron chi connectivity index (χ1n) is 7.94. The third-order valence-corrected chi connectivity index (χ3v) is 3.38. The van der Waals surface area contributed by atoms with Crippen LogP contribution in [0.2, 0.25) is 0 Å². The van der Waals surface area contributed by atoms with Gasteiger partial charge in [0.05, 0.1) is 6.61 Å². The molecular formula is C19H22N2O3. The second kappa shape index (κ2) is 9.47. The van der Waals surface area contributed by atoms with Crippen molar-refractivity contribution in [2.45, 2.75) is 32.8 Å². The average Bonchev–Trinajstić information content (AvgIpc) is 2.55. The average molecular weight is 326 g/mol. The Bertz CT molecular complexity index is 671. The number of hydrogen-bond acceptors (Lipinski definition) is 3. The van der Waals surface area contributed by atoms with Crippen molar-refractivity contribution >= 4 is 17.5 Å². The lowest BCUT2D eigenvalue weighted by Gasteiger charge is -2.08. The molecule has 0 bridgehead atoms. The zero-order valence-corrected chi connectivity index (χ0v) is 13.7. The topological polar surface area (TPSA) is 67.4 Å². The number of hydroxylamine groups is 1. The molecule has 5 nitrogen and oxygen atoms in total. The monoisotopic (exact) mass is 326 g/mol. The highest BCUT2D eigenvalue weighted by atomic mass is 16.6. The third-order valence-electron chi connectivity index (χ3n) is 3.38. The van der Waals surface area contributed by atoms with Crippen LogP contribution in [0.25, 0.3) is 0 Å². The van der Waals surface area contributed by atoms with E-state index in [9.17, 15) is 9.59 Å². The zero-order chi connectivity index (χ0) is 17.2. The van der Waals surface area contributed by atoms with Gasteiger partial charge in [-0.1, -0.05) is 42.5 Å². The van der Waals surface area contributed by atoms with Gasteiger partial charge in [0.2, 0.25) is 11.8 Å². The van der Waals surface area contributed by atoms with Crippen molar-refractivity contribution in [2.24, 2.45) is 0 Å². The molecule has 2 amide bonds. The summed E-state index contributed by atoms with van der Waals surface area (Å²) in [5.74, 6) is -0.260. The van der Waals surface area contributed by atoms with Crippen LogP contribution in [0.4, 0.5) is 5.69 Å². The number of amides is 2. The Hall–Kier alpha value is -2.66. The Morgan fingerprint density at radius 1 is 1.00 bits per heavy atom. The minimum absolute atomic E-state index is 0.125. The highest BCUT2D eigenvalue weighted by Crippen LogP contribution is 2.11. The number of anilines is 1. The van der Waals surface area contributed by atoms with E-state index in [2.05, 4.69) is 22.9 Å². The van der Waals surface area contributed by atoms with E-state index < -0.39 is 0 Å². The number of rotatable bonds is 8. The lowest BCUT2D eigenvalue weighted by Crippen LogP contribution is -2.23. The maximum atomic E-state index is 11.7. The Balaban J connectivity index is 1.66. The van der Waals surface area contributed by atoms with E-state index in [1.807, 2.05) is 36.4 Å². The van der Waals surface area contributed by atoms with Gasteiger partial charge in [-0.3, -0.25) is 14.4 Å². The molecule has 2 N–H and O–H groups in total. The molecule has 0 aliphatic rings. The van der Waals surface area contributed by atoms with Crippen LogP contribution in [0.3, 0.4) is 0 Å². The molecule has 0 unspecified atom stereocenters. The lowest BCUT2D eigenvalue weighted by atomic mass is 10.1. The Morgan fingerprint density at radius 3 is 2.50 bits per heavy atom. The SMILES string of the molecule is CC(=O)Nc1cccc(CONC(=O)CCCc2ccccc2)c1. The van der Waals surface area contributed by atoms with E-state index >= 15 is 0 Å². The number of hydrogen-bond donors (Lipinski definition) is 2. The first-order chi connectivity index (χ1) is 11.6. The molecule has 0 aliphatic heterocycles. The molecule has 0 spiro atoms. The summed E-state index contributed by atoms with van der Waals surface area (Å²) in [7, 11) is 0. The second-order valence-corrected chi connectivity index (χ2v) is 5.53. The predicted octanol–water partition coefficient (Wildman–Crippen LogP) is 3.22. The van der Waals surface area contributed by atoms with Crippen molar-refractivity contribution in [2.75, 3.05) is 5.32 Å². The van der Waals surface area contributed by atoms with Crippen molar-refractivity contribution in [3.05, 3.63) is 65.7 Å². The minimum atomic E-state index is -0.135. The van der Waals surface area contributed by atoms with Gasteiger partial charge in [-0.05, 0) is 36.1 Å². The van der Waals surface area contributed by atoms with Crippen LogP contribution in [0.1, 0.15) is 30.9 Å². The maximum Gasteiger partial charge on any atom is 0.243 e. The molecule has 5 heteroatoms. The Morgan fingerprint density at radius 2 is 1.75 bits per heavy atom. The highest BCUT2D eigenvalue weighted by Gasteiger charge is 2.03. The van der Waals surface area contributed by atoms with Crippen LogP contribution in [-0.2, 0) is 27.5 Å². The molecule has 2 aromatic carbocycles. The molecule has 0 aromatic heterocycles. The molecule has 0 aliphatic carbocycles. The predicted molar refractivity (Wildman–Crippen MR) is 93.1 cm³/mol. The standard InChI is InChI=1S/C19H22N2O3/c1-15(22)20-18-11-5-10-17(13-18)14-24-21-19(23)12-6-9-16-7-3-2-4-8-16/h2-5,7-8,10-11,13H,6,9,12,14H2,1H3,(H,20,22)(H,21,23). The molecule has 0 saturated heterocycles. The molecule has 0 fully saturated rings. The van der Waals surface area contributed by atoms with E-state index in [0.29, 0.717) is 12.1 Å². The molecule has 0 atom stereocenters. The van der Waals surface area contributed by atoms with Gasteiger partial charge in [-0.25, -0.2) is 5.48 Å². The number of aryl methyl sites for hydroxylation is 1. The van der Waals surface area contributed by atoms with E-state index in [4.69, 9.17) is 4.84 Å². The number of carbonyl (C=O) groups is 2. The van der Waals surface area contributed by atoms with Gasteiger partial charge in [-0.15, -0.1) is 0 Å². The van der Waals surface area contributed by atoms with Gasteiger partial charge < -0.3 is 5.32 Å². The molecule has 2 aromatic rings. The van der Waals surface area contributed by atoms with Gasteiger partial charge in [0, 0.05) is 19.0 Å². The minimum Gasteiger partial charge on any atom is -0.326 e. The third kappa shape index (κ3) is 6.62. The van der Waals surface area contributed by atoms with Crippen molar-refractivity contribution < 1.29 is 14.4 Å². The fraction of sp³-hybridized carbons (Fsp3) is 0.263. The van der Waals surface area contributed by atoms with Crippen molar-refractivity contribution in [1.29, 1.82) is 0 Å². The largest absolute Gasteiger partial charge is 0.326 e. The fourth-order valence-corrected chi connectivity index (χ4v) is 2.29. The zero-order valence-electron chi connectivity index (χ0n) is 13.7. The van der Waals surface area contributed by atoms with Gasteiger partial charge in [0.1, 0.15) is 0 Å². The smallest absolute Gasteiger partial charge is 0.243 e. The number of nitrogens with one attached hydrogen (secondary N) is 2. The summed E-state index contributed by atoms with van der Waals surface area (Å²) in [6, 6.07) is 17.4. The van der Waals surface area contributed by atoms with Crippen LogP contribution in [0.5, 0.6) is 0 Å². The maximum absolute atomic E-state index is 11.7. The summed E-state index contributed by atoms with van der Waals surface area (Å²) in [4.78, 5) is 28.0. The fourth-order valence-electron chi connectivity index (χ4n) is 2.29. The Kier molecular flexibility index (Phi) is 6.98. The van der Waals surface area contributed by atoms with Crippen molar-refractivity contribution in [3.63, 3.8) is 0 Å². The molecule has 0 radical (unpaired) electrons. The van der Waals surface area contributed by atoms with E-state index in [1.165, 1.54) is 12.5 Å². The lowest BCUT2D eigenvalue weighted by molar-refractivity contribution is -0.134. The number of carbonyl (C=O) groups excluding carboxylic acids is 2. The summed E-state index contributed by atoms with van der Waals surface area (Å²) in [6.45, 7) is 1.71. The van der Waals surface area contributed by atoms with Gasteiger partial charge in [0.15, 0.2) is 0 Å². The van der Waals surface area contributed by atoms with Crippen LogP contribution < -0.4 is 10.8 Å². The normalized spacial score (nSPS) is 10.2. The van der Waals surface area contributed by atoms with Crippen LogP contribution in [-0.4, -0.2) is 11.8 Å². The summed E-state index contributed by atoms with van der Waals surface area (Å²) in [5, 5.41) is 2.71. The molecule has 2 rings (SSSR count). The van der Waals surface area contributed by atoms with Crippen LogP contribution in [0, 0.1) is 0 Å². The van der Waals surface area contributed by atoms with Crippen LogP contribution in [0.15, 0.2) is 54.6 Å². The van der Waals surface area contributed by atoms with E-state index in [1.54, 1.807) is 6.07 Å². The molecule has 0 saturated carbocycles. The summed E-state index contributed by atoms with van der Waals surface area (Å²) >= 11 is 0. The van der Waals surface area contributed by atoms with Gasteiger partial charge >= 0.3 is 0 Å². The molecule has 126 valence electrons. The quantitative estimate of drug-likeness (QED) is 0.732. The summed E-state index contributed by atoms with van der Waals surface area (Å²) in [5.41, 5.74) is 5.25. The van der Waals surface area contributed by atoms with E-state index in [0.717, 1.165) is 18.4 Å². The number of benzene rings is 2. The van der Waals surface area contributed by atoms with Gasteiger partial charge in [-0.2, -0.15) is 0 Å². The first kappa shape index (κ1) is 17.7. The summed E-state index contributed by atoms with van der Waals surface area (Å²) in [6.07, 6.45) is 2.06. The van der Waals surface area contributed by atoms with Crippen LogP contribution >= 0.6 is 0 Å². The van der Waals surface area contributed by atoms with Crippen molar-refractivity contribution in [1.82, 2.24) is 5.48 Å². The second-order valence-electron chi connectivity index (χ2n) is 5.53. The highest BCUT2D eigenvalue weighted by molar-refractivity contribution is 5.88. The van der Waals surface area contributed by atoms with Crippen molar-refractivity contribution in [3.8, 4) is 0 Å². The first-order valence-corrected chi connectivity index (χ1v) is 7.94. The molecular weight excluding hydrogens is 304 g/mol. The van der Waals surface area contributed by atoms with Gasteiger partial charge in [0.25, 0.3) is 0 Å². The Labute approximate surface area is 142 Å². The van der Waals surface area contributed by atoms with E-state index in [-0.39, 0.29) is 18.4 Å². The summed E-state index contributed by atoms with van der Waals surface area (Å²) < 4.78 is 0. The molecule has 0 heterocycles.